The molecular formula is C13H17NO2. The summed E-state index contributed by atoms with van der Waals surface area (Å²) >= 11 is 0. The van der Waals surface area contributed by atoms with Gasteiger partial charge in [0.1, 0.15) is 5.58 Å². The average molecular weight is 219 g/mol. The number of aliphatic hydroxyl groups is 1. The smallest absolute Gasteiger partial charge is 0.134 e. The maximum Gasteiger partial charge on any atom is 0.134 e. The summed E-state index contributed by atoms with van der Waals surface area (Å²) in [4.78, 5) is 2.19. The van der Waals surface area contributed by atoms with Crippen LogP contribution in [-0.4, -0.2) is 29.7 Å². The number of hydrogen-bond donors (Lipinski definition) is 1. The monoisotopic (exact) mass is 219 g/mol. The van der Waals surface area contributed by atoms with Crippen LogP contribution in [0.2, 0.25) is 0 Å². The summed E-state index contributed by atoms with van der Waals surface area (Å²) in [5.74, 6) is 0. The second kappa shape index (κ2) is 5.14. The zero-order chi connectivity index (χ0) is 11.4. The van der Waals surface area contributed by atoms with E-state index in [1.807, 2.05) is 24.5 Å². The zero-order valence-corrected chi connectivity index (χ0v) is 9.52. The van der Waals surface area contributed by atoms with Crippen LogP contribution in [0, 0.1) is 0 Å². The average Bonchev–Trinajstić information content (AvgIpc) is 2.72. The Balaban J connectivity index is 2.20. The van der Waals surface area contributed by atoms with Gasteiger partial charge < -0.3 is 9.52 Å². The molecule has 0 amide bonds. The Kier molecular flexibility index (Phi) is 3.59. The van der Waals surface area contributed by atoms with E-state index < -0.39 is 0 Å². The highest BCUT2D eigenvalue weighted by molar-refractivity contribution is 5.80. The Bertz CT molecular complexity index is 450. The van der Waals surface area contributed by atoms with E-state index in [-0.39, 0.29) is 6.61 Å². The van der Waals surface area contributed by atoms with Crippen molar-refractivity contribution in [2.45, 2.75) is 13.5 Å². The van der Waals surface area contributed by atoms with Gasteiger partial charge in [-0.3, -0.25) is 4.90 Å². The first-order valence-corrected chi connectivity index (χ1v) is 5.63. The minimum atomic E-state index is 0.198. The summed E-state index contributed by atoms with van der Waals surface area (Å²) in [6.07, 6.45) is 1.81. The molecule has 3 nitrogen and oxygen atoms in total. The number of aliphatic hydroxyl groups excluding tert-OH is 1. The second-order valence-electron chi connectivity index (χ2n) is 3.85. The number of nitrogens with zero attached hydrogens (tertiary/aromatic N) is 1. The van der Waals surface area contributed by atoms with Crippen LogP contribution < -0.4 is 0 Å². The number of benzene rings is 1. The summed E-state index contributed by atoms with van der Waals surface area (Å²) in [5.41, 5.74) is 2.11. The molecule has 1 aromatic heterocycles. The molecule has 0 bridgehead atoms. The van der Waals surface area contributed by atoms with E-state index in [9.17, 15) is 0 Å². The standard InChI is InChI=1S/C13H17NO2/c1-2-14(7-8-15)9-11-10-16-13-6-4-3-5-12(11)13/h3-6,10,15H,2,7-9H2,1H3. The molecule has 0 atom stereocenters. The van der Waals surface area contributed by atoms with Gasteiger partial charge in [-0.25, -0.2) is 0 Å². The van der Waals surface area contributed by atoms with Crippen LogP contribution in [0.15, 0.2) is 34.9 Å². The van der Waals surface area contributed by atoms with Gasteiger partial charge >= 0.3 is 0 Å². The maximum atomic E-state index is 8.94. The number of hydrogen-bond acceptors (Lipinski definition) is 3. The van der Waals surface area contributed by atoms with Crippen LogP contribution in [0.4, 0.5) is 0 Å². The summed E-state index contributed by atoms with van der Waals surface area (Å²) in [7, 11) is 0. The third-order valence-electron chi connectivity index (χ3n) is 2.82. The van der Waals surface area contributed by atoms with Crippen molar-refractivity contribution in [2.75, 3.05) is 19.7 Å². The Morgan fingerprint density at radius 2 is 2.12 bits per heavy atom. The number of para-hydroxylation sites is 1. The Morgan fingerprint density at radius 3 is 2.88 bits per heavy atom. The van der Waals surface area contributed by atoms with E-state index >= 15 is 0 Å². The number of rotatable bonds is 5. The predicted octanol–water partition coefficient (Wildman–Crippen LogP) is 2.25. The number of fused-ring (bicyclic) bond motifs is 1. The molecule has 0 spiro atoms. The fourth-order valence-corrected chi connectivity index (χ4v) is 1.89. The largest absolute Gasteiger partial charge is 0.464 e. The molecule has 1 heterocycles. The van der Waals surface area contributed by atoms with Crippen molar-refractivity contribution in [1.82, 2.24) is 4.90 Å². The quantitative estimate of drug-likeness (QED) is 0.838. The van der Waals surface area contributed by atoms with Crippen LogP contribution in [-0.2, 0) is 6.54 Å². The highest BCUT2D eigenvalue weighted by Gasteiger charge is 2.08. The fraction of sp³-hybridized carbons (Fsp3) is 0.385. The highest BCUT2D eigenvalue weighted by atomic mass is 16.3. The summed E-state index contributed by atoms with van der Waals surface area (Å²) in [6.45, 7) is 4.76. The summed E-state index contributed by atoms with van der Waals surface area (Å²) in [6, 6.07) is 8.03. The third-order valence-corrected chi connectivity index (χ3v) is 2.82. The number of likely N-dealkylation sites (N-methyl/N-ethyl adjacent to an activating group) is 1. The topological polar surface area (TPSA) is 36.6 Å². The first-order chi connectivity index (χ1) is 7.85. The van der Waals surface area contributed by atoms with Crippen molar-refractivity contribution in [1.29, 1.82) is 0 Å². The molecule has 86 valence electrons. The molecule has 1 aromatic carbocycles. The molecule has 16 heavy (non-hydrogen) atoms. The van der Waals surface area contributed by atoms with Gasteiger partial charge in [0.2, 0.25) is 0 Å². The lowest BCUT2D eigenvalue weighted by Crippen LogP contribution is -2.25. The highest BCUT2D eigenvalue weighted by Crippen LogP contribution is 2.21. The molecule has 0 saturated carbocycles. The lowest BCUT2D eigenvalue weighted by atomic mass is 10.1. The van der Waals surface area contributed by atoms with Gasteiger partial charge in [-0.15, -0.1) is 0 Å². The Hall–Kier alpha value is -1.32. The summed E-state index contributed by atoms with van der Waals surface area (Å²) < 4.78 is 5.48. The van der Waals surface area contributed by atoms with Gasteiger partial charge in [0, 0.05) is 24.0 Å². The third kappa shape index (κ3) is 2.26. The Morgan fingerprint density at radius 1 is 1.31 bits per heavy atom. The molecule has 0 fully saturated rings. The van der Waals surface area contributed by atoms with Crippen molar-refractivity contribution in [3.63, 3.8) is 0 Å². The number of furan rings is 1. The van der Waals surface area contributed by atoms with Gasteiger partial charge in [-0.2, -0.15) is 0 Å². The van der Waals surface area contributed by atoms with Gasteiger partial charge in [-0.05, 0) is 12.6 Å². The SMILES string of the molecule is CCN(CCO)Cc1coc2ccccc12. The van der Waals surface area contributed by atoms with Gasteiger partial charge in [0.05, 0.1) is 12.9 Å². The van der Waals surface area contributed by atoms with Gasteiger partial charge in [-0.1, -0.05) is 25.1 Å². The molecule has 0 aliphatic carbocycles. The van der Waals surface area contributed by atoms with Gasteiger partial charge in [0.25, 0.3) is 0 Å². The second-order valence-corrected chi connectivity index (χ2v) is 3.85. The molecule has 2 aromatic rings. The molecular weight excluding hydrogens is 202 g/mol. The van der Waals surface area contributed by atoms with Crippen LogP contribution >= 0.6 is 0 Å². The molecule has 0 aliphatic heterocycles. The molecule has 2 rings (SSSR count). The lowest BCUT2D eigenvalue weighted by Gasteiger charge is -2.17. The minimum absolute atomic E-state index is 0.198. The normalized spacial score (nSPS) is 11.4. The van der Waals surface area contributed by atoms with Crippen LogP contribution in [0.3, 0.4) is 0 Å². The van der Waals surface area contributed by atoms with Gasteiger partial charge in [0.15, 0.2) is 0 Å². The first-order valence-electron chi connectivity index (χ1n) is 5.63. The molecule has 0 aliphatic rings. The molecule has 0 saturated heterocycles. The van der Waals surface area contributed by atoms with Crippen LogP contribution in [0.1, 0.15) is 12.5 Å². The Labute approximate surface area is 95.3 Å². The van der Waals surface area contributed by atoms with Crippen molar-refractivity contribution in [3.05, 3.63) is 36.1 Å². The van der Waals surface area contributed by atoms with E-state index in [0.717, 1.165) is 18.7 Å². The fourth-order valence-electron chi connectivity index (χ4n) is 1.89. The molecule has 0 radical (unpaired) electrons. The van der Waals surface area contributed by atoms with Crippen molar-refractivity contribution < 1.29 is 9.52 Å². The van der Waals surface area contributed by atoms with E-state index in [2.05, 4.69) is 17.9 Å². The zero-order valence-electron chi connectivity index (χ0n) is 9.52. The van der Waals surface area contributed by atoms with Crippen molar-refractivity contribution >= 4 is 11.0 Å². The molecule has 1 N–H and O–H groups in total. The van der Waals surface area contributed by atoms with E-state index in [1.165, 1.54) is 10.9 Å². The first kappa shape index (κ1) is 11.2. The maximum absolute atomic E-state index is 8.94. The minimum Gasteiger partial charge on any atom is -0.464 e. The lowest BCUT2D eigenvalue weighted by molar-refractivity contribution is 0.197. The van der Waals surface area contributed by atoms with Crippen molar-refractivity contribution in [2.24, 2.45) is 0 Å². The van der Waals surface area contributed by atoms with Crippen molar-refractivity contribution in [3.8, 4) is 0 Å². The van der Waals surface area contributed by atoms with Crippen LogP contribution in [0.5, 0.6) is 0 Å². The van der Waals surface area contributed by atoms with Crippen LogP contribution in [0.25, 0.3) is 11.0 Å². The predicted molar refractivity (Wildman–Crippen MR) is 64.3 cm³/mol. The molecule has 3 heteroatoms. The van der Waals surface area contributed by atoms with E-state index in [4.69, 9.17) is 9.52 Å². The van der Waals surface area contributed by atoms with E-state index in [0.29, 0.717) is 6.54 Å². The molecule has 0 unspecified atom stereocenters. The summed E-state index contributed by atoms with van der Waals surface area (Å²) in [5, 5.41) is 10.1. The van der Waals surface area contributed by atoms with E-state index in [1.54, 1.807) is 0 Å².